The van der Waals surface area contributed by atoms with Crippen molar-refractivity contribution in [2.24, 2.45) is 0 Å². The van der Waals surface area contributed by atoms with Crippen molar-refractivity contribution in [1.82, 2.24) is 0 Å². The Bertz CT molecular complexity index is 352. The highest BCUT2D eigenvalue weighted by atomic mass is 127. The van der Waals surface area contributed by atoms with E-state index in [1.165, 1.54) is 6.92 Å². The van der Waals surface area contributed by atoms with Crippen LogP contribution in [0.1, 0.15) is 23.4 Å². The summed E-state index contributed by atoms with van der Waals surface area (Å²) in [6, 6.07) is 5.49. The zero-order valence-electron chi connectivity index (χ0n) is 7.63. The molecule has 0 aromatic heterocycles. The van der Waals surface area contributed by atoms with Crippen molar-refractivity contribution in [1.29, 1.82) is 0 Å². The highest BCUT2D eigenvalue weighted by Gasteiger charge is 2.16. The molecule has 0 aliphatic rings. The summed E-state index contributed by atoms with van der Waals surface area (Å²) in [5.41, 5.74) is 1.41. The van der Waals surface area contributed by atoms with E-state index in [4.69, 9.17) is 16.7 Å². The molecule has 1 rings (SSSR count). The standard InChI is InChI=1S/C10H10ClIO2/c1-6(14)10(11)9-4-8(12)3-2-7(9)5-13/h2-4,10,13H,5H2,1H3. The first kappa shape index (κ1) is 11.9. The van der Waals surface area contributed by atoms with Gasteiger partial charge in [0.15, 0.2) is 5.78 Å². The molecule has 4 heteroatoms. The molecule has 0 heterocycles. The van der Waals surface area contributed by atoms with E-state index in [9.17, 15) is 4.79 Å². The first-order chi connectivity index (χ1) is 6.56. The lowest BCUT2D eigenvalue weighted by Gasteiger charge is -2.11. The van der Waals surface area contributed by atoms with Gasteiger partial charge >= 0.3 is 0 Å². The first-order valence-electron chi connectivity index (χ1n) is 4.10. The number of alkyl halides is 1. The van der Waals surface area contributed by atoms with E-state index in [1.807, 2.05) is 12.1 Å². The lowest BCUT2D eigenvalue weighted by Crippen LogP contribution is -2.05. The van der Waals surface area contributed by atoms with Gasteiger partial charge in [-0.25, -0.2) is 0 Å². The number of hydrogen-bond donors (Lipinski definition) is 1. The van der Waals surface area contributed by atoms with Gasteiger partial charge in [-0.05, 0) is 52.8 Å². The zero-order valence-corrected chi connectivity index (χ0v) is 10.5. The third-order valence-corrected chi connectivity index (χ3v) is 3.12. The van der Waals surface area contributed by atoms with Crippen LogP contribution in [0.3, 0.4) is 0 Å². The maximum absolute atomic E-state index is 11.1. The van der Waals surface area contributed by atoms with E-state index >= 15 is 0 Å². The molecule has 0 aliphatic heterocycles. The Morgan fingerprint density at radius 2 is 2.29 bits per heavy atom. The van der Waals surface area contributed by atoms with E-state index in [0.29, 0.717) is 11.1 Å². The molecule has 0 amide bonds. The van der Waals surface area contributed by atoms with Crippen LogP contribution in [0.15, 0.2) is 18.2 Å². The second-order valence-corrected chi connectivity index (χ2v) is 4.66. The maximum atomic E-state index is 11.1. The predicted molar refractivity (Wildman–Crippen MR) is 64.4 cm³/mol. The van der Waals surface area contributed by atoms with Crippen molar-refractivity contribution in [3.05, 3.63) is 32.9 Å². The number of carbonyl (C=O) groups excluding carboxylic acids is 1. The van der Waals surface area contributed by atoms with Gasteiger partial charge in [-0.2, -0.15) is 0 Å². The SMILES string of the molecule is CC(=O)C(Cl)c1cc(I)ccc1CO. The number of aliphatic hydroxyl groups is 1. The van der Waals surface area contributed by atoms with Crippen LogP contribution in [0.4, 0.5) is 0 Å². The van der Waals surface area contributed by atoms with Crippen LogP contribution >= 0.6 is 34.2 Å². The van der Waals surface area contributed by atoms with Gasteiger partial charge in [0.05, 0.1) is 6.61 Å². The fourth-order valence-electron chi connectivity index (χ4n) is 1.16. The Labute approximate surface area is 101 Å². The Balaban J connectivity index is 3.16. The van der Waals surface area contributed by atoms with Crippen LogP contribution in [0.25, 0.3) is 0 Å². The molecule has 14 heavy (non-hydrogen) atoms. The molecule has 1 N–H and O–H groups in total. The molecule has 0 aliphatic carbocycles. The smallest absolute Gasteiger partial charge is 0.152 e. The normalized spacial score (nSPS) is 12.6. The highest BCUT2D eigenvalue weighted by molar-refractivity contribution is 14.1. The number of aliphatic hydroxyl groups excluding tert-OH is 1. The molecule has 76 valence electrons. The third kappa shape index (κ3) is 2.68. The largest absolute Gasteiger partial charge is 0.392 e. The molecule has 0 radical (unpaired) electrons. The van der Waals surface area contributed by atoms with Crippen molar-refractivity contribution in [2.45, 2.75) is 18.9 Å². The van der Waals surface area contributed by atoms with Crippen LogP contribution in [0.2, 0.25) is 0 Å². The topological polar surface area (TPSA) is 37.3 Å². The first-order valence-corrected chi connectivity index (χ1v) is 5.61. The van der Waals surface area contributed by atoms with Gasteiger partial charge in [-0.1, -0.05) is 6.07 Å². The molecule has 0 bridgehead atoms. The summed E-state index contributed by atoms with van der Waals surface area (Å²) >= 11 is 8.08. The monoisotopic (exact) mass is 324 g/mol. The summed E-state index contributed by atoms with van der Waals surface area (Å²) < 4.78 is 1.00. The second-order valence-electron chi connectivity index (χ2n) is 2.97. The Morgan fingerprint density at radius 3 is 2.79 bits per heavy atom. The van der Waals surface area contributed by atoms with Crippen molar-refractivity contribution < 1.29 is 9.90 Å². The molecule has 1 aromatic rings. The van der Waals surface area contributed by atoms with Crippen LogP contribution in [-0.2, 0) is 11.4 Å². The van der Waals surface area contributed by atoms with Gasteiger partial charge in [-0.15, -0.1) is 11.6 Å². The fraction of sp³-hybridized carbons (Fsp3) is 0.300. The maximum Gasteiger partial charge on any atom is 0.152 e. The molecule has 1 aromatic carbocycles. The van der Waals surface area contributed by atoms with Crippen molar-refractivity contribution >= 4 is 40.0 Å². The number of halogens is 2. The molecular formula is C10H10ClIO2. The van der Waals surface area contributed by atoms with E-state index in [0.717, 1.165) is 3.57 Å². The Morgan fingerprint density at radius 1 is 1.64 bits per heavy atom. The Kier molecular flexibility index (Phi) is 4.34. The van der Waals surface area contributed by atoms with Crippen LogP contribution < -0.4 is 0 Å². The van der Waals surface area contributed by atoms with Crippen molar-refractivity contribution in [3.8, 4) is 0 Å². The molecule has 1 unspecified atom stereocenters. The fourth-order valence-corrected chi connectivity index (χ4v) is 1.88. The average molecular weight is 325 g/mol. The summed E-state index contributed by atoms with van der Waals surface area (Å²) in [4.78, 5) is 11.1. The van der Waals surface area contributed by atoms with E-state index < -0.39 is 5.38 Å². The highest BCUT2D eigenvalue weighted by Crippen LogP contribution is 2.26. The quantitative estimate of drug-likeness (QED) is 0.685. The minimum absolute atomic E-state index is 0.0945. The second kappa shape index (κ2) is 5.09. The number of benzene rings is 1. The number of carbonyl (C=O) groups is 1. The summed E-state index contributed by atoms with van der Waals surface area (Å²) in [6.07, 6.45) is 0. The average Bonchev–Trinajstić information content (AvgIpc) is 2.16. The predicted octanol–water partition coefficient (Wildman–Crippen LogP) is 2.65. The summed E-state index contributed by atoms with van der Waals surface area (Å²) in [7, 11) is 0. The third-order valence-electron chi connectivity index (χ3n) is 1.91. The van der Waals surface area contributed by atoms with E-state index in [2.05, 4.69) is 22.6 Å². The molecule has 0 fully saturated rings. The molecule has 1 atom stereocenters. The van der Waals surface area contributed by atoms with Gasteiger partial charge in [0.25, 0.3) is 0 Å². The zero-order chi connectivity index (χ0) is 10.7. The van der Waals surface area contributed by atoms with Gasteiger partial charge in [0, 0.05) is 3.57 Å². The van der Waals surface area contributed by atoms with Gasteiger partial charge in [0.2, 0.25) is 0 Å². The molecule has 0 spiro atoms. The summed E-state index contributed by atoms with van der Waals surface area (Å²) in [5, 5.41) is 8.41. The van der Waals surface area contributed by atoms with Gasteiger partial charge < -0.3 is 5.11 Å². The minimum atomic E-state index is -0.660. The number of hydrogen-bond acceptors (Lipinski definition) is 2. The molecule has 0 saturated carbocycles. The summed E-state index contributed by atoms with van der Waals surface area (Å²) in [5.74, 6) is -0.108. The van der Waals surface area contributed by atoms with E-state index in [-0.39, 0.29) is 12.4 Å². The number of rotatable bonds is 3. The molecular weight excluding hydrogens is 314 g/mol. The number of Topliss-reactive ketones (excluding diaryl/α,β-unsaturated/α-hetero) is 1. The van der Waals surface area contributed by atoms with Crippen molar-refractivity contribution in [2.75, 3.05) is 0 Å². The van der Waals surface area contributed by atoms with Crippen LogP contribution in [0.5, 0.6) is 0 Å². The van der Waals surface area contributed by atoms with Gasteiger partial charge in [-0.3, -0.25) is 4.79 Å². The molecule has 2 nitrogen and oxygen atoms in total. The van der Waals surface area contributed by atoms with E-state index in [1.54, 1.807) is 6.07 Å². The van der Waals surface area contributed by atoms with Crippen molar-refractivity contribution in [3.63, 3.8) is 0 Å². The summed E-state index contributed by atoms with van der Waals surface area (Å²) in [6.45, 7) is 1.35. The number of ketones is 1. The van der Waals surface area contributed by atoms with Gasteiger partial charge in [0.1, 0.15) is 5.38 Å². The lowest BCUT2D eigenvalue weighted by molar-refractivity contribution is -0.116. The van der Waals surface area contributed by atoms with Crippen LogP contribution in [-0.4, -0.2) is 10.9 Å². The van der Waals surface area contributed by atoms with Crippen LogP contribution in [0, 0.1) is 3.57 Å². The lowest BCUT2D eigenvalue weighted by atomic mass is 10.0. The molecule has 0 saturated heterocycles. The minimum Gasteiger partial charge on any atom is -0.392 e. The Hall–Kier alpha value is -0.130.